The molecule has 1 aliphatic rings. The smallest absolute Gasteiger partial charge is 0.341 e. The van der Waals surface area contributed by atoms with Gasteiger partial charge in [0.15, 0.2) is 23.3 Å². The van der Waals surface area contributed by atoms with E-state index in [4.69, 9.17) is 24.3 Å². The first-order valence-electron chi connectivity index (χ1n) is 11.6. The van der Waals surface area contributed by atoms with Crippen molar-refractivity contribution >= 4 is 40.6 Å². The number of carbonyl (C=O) groups excluding carboxylic acids is 1. The molecule has 0 atom stereocenters. The first-order valence-corrected chi connectivity index (χ1v) is 12.4. The van der Waals surface area contributed by atoms with Gasteiger partial charge in [-0.25, -0.2) is 9.79 Å². The predicted octanol–water partition coefficient (Wildman–Crippen LogP) is 5.36. The number of benzene rings is 3. The van der Waals surface area contributed by atoms with Crippen LogP contribution >= 0.6 is 11.8 Å². The molecule has 1 fully saturated rings. The van der Waals surface area contributed by atoms with Crippen LogP contribution in [0.2, 0.25) is 0 Å². The average molecular weight is 519 g/mol. The van der Waals surface area contributed by atoms with Crippen molar-refractivity contribution in [2.75, 3.05) is 20.3 Å². The van der Waals surface area contributed by atoms with Gasteiger partial charge < -0.3 is 19.3 Å². The van der Waals surface area contributed by atoms with Crippen LogP contribution in [0.15, 0.2) is 82.7 Å². The van der Waals surface area contributed by atoms with Crippen LogP contribution in [-0.4, -0.2) is 47.4 Å². The lowest BCUT2D eigenvalue weighted by Gasteiger charge is -2.16. The van der Waals surface area contributed by atoms with Gasteiger partial charge in [0.05, 0.1) is 30.9 Å². The molecule has 0 spiro atoms. The molecule has 0 unspecified atom stereocenters. The number of hydrogen-bond donors (Lipinski definition) is 1. The van der Waals surface area contributed by atoms with Crippen LogP contribution < -0.4 is 14.2 Å². The van der Waals surface area contributed by atoms with Crippen LogP contribution in [0.4, 0.5) is 5.69 Å². The molecular weight excluding hydrogens is 492 g/mol. The Morgan fingerprint density at radius 2 is 1.78 bits per heavy atom. The second kappa shape index (κ2) is 12.1. The largest absolute Gasteiger partial charge is 0.497 e. The summed E-state index contributed by atoms with van der Waals surface area (Å²) in [7, 11) is 1.61. The van der Waals surface area contributed by atoms with Crippen molar-refractivity contribution in [1.29, 1.82) is 0 Å². The van der Waals surface area contributed by atoms with Gasteiger partial charge in [0.2, 0.25) is 0 Å². The number of amidine groups is 1. The van der Waals surface area contributed by atoms with Crippen LogP contribution in [0.25, 0.3) is 6.08 Å². The van der Waals surface area contributed by atoms with Crippen LogP contribution in [0.1, 0.15) is 18.1 Å². The zero-order valence-electron chi connectivity index (χ0n) is 20.4. The lowest BCUT2D eigenvalue weighted by Crippen LogP contribution is -2.28. The number of amides is 1. The minimum atomic E-state index is -1.08. The van der Waals surface area contributed by atoms with E-state index in [1.807, 2.05) is 61.5 Å². The molecule has 1 heterocycles. The molecule has 37 heavy (non-hydrogen) atoms. The number of para-hydroxylation sites is 1. The lowest BCUT2D eigenvalue weighted by atomic mass is 10.1. The molecule has 1 amide bonds. The number of rotatable bonds is 10. The summed E-state index contributed by atoms with van der Waals surface area (Å²) in [5.41, 5.74) is 2.40. The number of carboxylic acid groups (broad SMARTS) is 1. The summed E-state index contributed by atoms with van der Waals surface area (Å²) in [6.45, 7) is 2.08. The van der Waals surface area contributed by atoms with E-state index >= 15 is 0 Å². The predicted molar refractivity (Wildman–Crippen MR) is 143 cm³/mol. The van der Waals surface area contributed by atoms with Crippen LogP contribution in [-0.2, 0) is 16.1 Å². The maximum atomic E-state index is 13.5. The Morgan fingerprint density at radius 1 is 1.03 bits per heavy atom. The van der Waals surface area contributed by atoms with Gasteiger partial charge >= 0.3 is 5.97 Å². The van der Waals surface area contributed by atoms with Crippen LogP contribution in [0.3, 0.4) is 0 Å². The van der Waals surface area contributed by atoms with E-state index in [0.29, 0.717) is 40.3 Å². The standard InChI is InChI=1S/C28H26N2O6S/c1-3-35-24-15-20(11-14-23(24)36-18-26(31)32)16-25-27(33)30(17-19-9-12-22(34-2)13-10-19)28(37-25)29-21-7-5-4-6-8-21/h4-16H,3,17-18H2,1-2H3,(H,31,32)/b25-16-,29-28?. The Kier molecular flexibility index (Phi) is 8.48. The first-order chi connectivity index (χ1) is 18.0. The Bertz CT molecular complexity index is 1320. The molecule has 1 N–H and O–H groups in total. The zero-order chi connectivity index (χ0) is 26.2. The highest BCUT2D eigenvalue weighted by Gasteiger charge is 2.33. The molecule has 0 aromatic heterocycles. The number of hydrogen-bond acceptors (Lipinski definition) is 7. The molecule has 3 aromatic rings. The van der Waals surface area contributed by atoms with Gasteiger partial charge in [-0.2, -0.15) is 0 Å². The quantitative estimate of drug-likeness (QED) is 0.361. The van der Waals surface area contributed by atoms with Crippen molar-refractivity contribution < 1.29 is 28.9 Å². The van der Waals surface area contributed by atoms with Crippen LogP contribution in [0.5, 0.6) is 17.2 Å². The zero-order valence-corrected chi connectivity index (χ0v) is 21.2. The monoisotopic (exact) mass is 518 g/mol. The molecular formula is C28H26N2O6S. The topological polar surface area (TPSA) is 97.7 Å². The van der Waals surface area contributed by atoms with Crippen molar-refractivity contribution in [2.24, 2.45) is 4.99 Å². The second-order valence-corrected chi connectivity index (χ2v) is 8.91. The van der Waals surface area contributed by atoms with Gasteiger partial charge in [0, 0.05) is 0 Å². The molecule has 1 aliphatic heterocycles. The number of ether oxygens (including phenoxy) is 3. The molecule has 8 nitrogen and oxygen atoms in total. The number of aliphatic imine (C=N–C) groups is 1. The normalized spacial score (nSPS) is 15.3. The van der Waals surface area contributed by atoms with Gasteiger partial charge in [-0.1, -0.05) is 36.4 Å². The summed E-state index contributed by atoms with van der Waals surface area (Å²) in [6.07, 6.45) is 1.77. The second-order valence-electron chi connectivity index (χ2n) is 7.90. The summed E-state index contributed by atoms with van der Waals surface area (Å²) in [5.74, 6) is 0.222. The summed E-state index contributed by atoms with van der Waals surface area (Å²) in [5, 5.41) is 9.49. The summed E-state index contributed by atoms with van der Waals surface area (Å²) in [6, 6.07) is 22.1. The summed E-state index contributed by atoms with van der Waals surface area (Å²) in [4.78, 5) is 31.3. The minimum Gasteiger partial charge on any atom is -0.497 e. The van der Waals surface area contributed by atoms with E-state index in [1.165, 1.54) is 11.8 Å². The number of carbonyl (C=O) groups is 2. The van der Waals surface area contributed by atoms with Crippen molar-refractivity contribution in [3.63, 3.8) is 0 Å². The fraction of sp³-hybridized carbons (Fsp3) is 0.179. The SMILES string of the molecule is CCOc1cc(/C=C2\SC(=Nc3ccccc3)N(Cc3ccc(OC)cc3)C2=O)ccc1OCC(=O)O. The lowest BCUT2D eigenvalue weighted by molar-refractivity contribution is -0.139. The molecule has 0 saturated carbocycles. The third-order valence-corrected chi connectivity index (χ3v) is 6.29. The van der Waals surface area contributed by atoms with Gasteiger partial charge in [-0.15, -0.1) is 0 Å². The van der Waals surface area contributed by atoms with Gasteiger partial charge in [-0.3, -0.25) is 9.69 Å². The maximum Gasteiger partial charge on any atom is 0.341 e. The fourth-order valence-electron chi connectivity index (χ4n) is 3.55. The van der Waals surface area contributed by atoms with Crippen LogP contribution in [0, 0.1) is 0 Å². The molecule has 0 bridgehead atoms. The highest BCUT2D eigenvalue weighted by molar-refractivity contribution is 8.18. The first kappa shape index (κ1) is 25.8. The van der Waals surface area contributed by atoms with E-state index in [1.54, 1.807) is 36.3 Å². The van der Waals surface area contributed by atoms with Gasteiger partial charge in [-0.05, 0) is 72.3 Å². The third kappa shape index (κ3) is 6.71. The van der Waals surface area contributed by atoms with E-state index < -0.39 is 12.6 Å². The molecule has 0 radical (unpaired) electrons. The Labute approximate surface area is 219 Å². The van der Waals surface area contributed by atoms with E-state index in [9.17, 15) is 9.59 Å². The summed E-state index contributed by atoms with van der Waals surface area (Å²) < 4.78 is 16.2. The van der Waals surface area contributed by atoms with Crippen molar-refractivity contribution in [1.82, 2.24) is 4.90 Å². The number of nitrogens with zero attached hydrogens (tertiary/aromatic N) is 2. The maximum absolute atomic E-state index is 13.5. The molecule has 1 saturated heterocycles. The number of thioether (sulfide) groups is 1. The highest BCUT2D eigenvalue weighted by atomic mass is 32.2. The van der Waals surface area contributed by atoms with Crippen molar-refractivity contribution in [3.05, 3.63) is 88.8 Å². The summed E-state index contributed by atoms with van der Waals surface area (Å²) >= 11 is 1.29. The third-order valence-electron chi connectivity index (χ3n) is 5.29. The van der Waals surface area contributed by atoms with E-state index in [2.05, 4.69) is 0 Å². The molecule has 190 valence electrons. The van der Waals surface area contributed by atoms with Crippen molar-refractivity contribution in [2.45, 2.75) is 13.5 Å². The van der Waals surface area contributed by atoms with E-state index in [0.717, 1.165) is 17.0 Å². The number of aliphatic carboxylic acids is 1. The molecule has 0 aliphatic carbocycles. The number of carboxylic acids is 1. The van der Waals surface area contributed by atoms with Crippen molar-refractivity contribution in [3.8, 4) is 17.2 Å². The molecule has 3 aromatic carbocycles. The molecule has 9 heteroatoms. The minimum absolute atomic E-state index is 0.167. The Hall–Kier alpha value is -4.24. The Balaban J connectivity index is 1.65. The average Bonchev–Trinajstić information content (AvgIpc) is 3.18. The highest BCUT2D eigenvalue weighted by Crippen LogP contribution is 2.37. The fourth-order valence-corrected chi connectivity index (χ4v) is 4.55. The van der Waals surface area contributed by atoms with E-state index in [-0.39, 0.29) is 5.91 Å². The van der Waals surface area contributed by atoms with Gasteiger partial charge in [0.25, 0.3) is 5.91 Å². The van der Waals surface area contributed by atoms with Gasteiger partial charge in [0.1, 0.15) is 5.75 Å². The molecule has 4 rings (SSSR count). The Morgan fingerprint density at radius 3 is 2.46 bits per heavy atom. The number of methoxy groups -OCH3 is 1.